The van der Waals surface area contributed by atoms with E-state index in [0.29, 0.717) is 18.7 Å². The Morgan fingerprint density at radius 2 is 2.00 bits per heavy atom. The zero-order valence-corrected chi connectivity index (χ0v) is 10.2. The molecule has 0 aliphatic rings. The standard InChI is InChI=1S/C14H14N2O3/c1-2-3-10-15-14(19)16-12-7-4-11(5-8-12)6-9-13(17)18/h1,4-9H,3,10H2,(H,17,18)(H2,15,16,19). The van der Waals surface area contributed by atoms with Gasteiger partial charge in [-0.05, 0) is 23.8 Å². The highest BCUT2D eigenvalue weighted by atomic mass is 16.4. The van der Waals surface area contributed by atoms with E-state index < -0.39 is 5.97 Å². The third kappa shape index (κ3) is 5.94. The first-order valence-corrected chi connectivity index (χ1v) is 5.61. The molecule has 3 N–H and O–H groups in total. The molecule has 0 atom stereocenters. The van der Waals surface area contributed by atoms with E-state index in [1.165, 1.54) is 6.08 Å². The maximum atomic E-state index is 11.4. The molecule has 0 aliphatic heterocycles. The van der Waals surface area contributed by atoms with Crippen molar-refractivity contribution in [3.8, 4) is 12.3 Å². The Labute approximate surface area is 111 Å². The topological polar surface area (TPSA) is 78.4 Å². The molecule has 1 aromatic carbocycles. The Hall–Kier alpha value is -2.74. The number of anilines is 1. The number of carbonyl (C=O) groups is 2. The second-order valence-corrected chi connectivity index (χ2v) is 3.63. The summed E-state index contributed by atoms with van der Waals surface area (Å²) in [6, 6.07) is 6.45. The van der Waals surface area contributed by atoms with Crippen molar-refractivity contribution in [2.24, 2.45) is 0 Å². The Balaban J connectivity index is 2.50. The van der Waals surface area contributed by atoms with Gasteiger partial charge in [-0.2, -0.15) is 0 Å². The van der Waals surface area contributed by atoms with Gasteiger partial charge in [-0.1, -0.05) is 12.1 Å². The summed E-state index contributed by atoms with van der Waals surface area (Å²) in [6.45, 7) is 0.418. The number of urea groups is 1. The van der Waals surface area contributed by atoms with E-state index >= 15 is 0 Å². The van der Waals surface area contributed by atoms with Gasteiger partial charge in [-0.3, -0.25) is 0 Å². The highest BCUT2D eigenvalue weighted by Gasteiger charge is 1.99. The van der Waals surface area contributed by atoms with E-state index in [-0.39, 0.29) is 6.03 Å². The summed E-state index contributed by atoms with van der Waals surface area (Å²) in [6.07, 6.45) is 8.06. The quantitative estimate of drug-likeness (QED) is 0.429. The molecule has 0 spiro atoms. The molecule has 1 rings (SSSR count). The van der Waals surface area contributed by atoms with Gasteiger partial charge in [0.15, 0.2) is 0 Å². The van der Waals surface area contributed by atoms with Gasteiger partial charge in [0.25, 0.3) is 0 Å². The van der Waals surface area contributed by atoms with Crippen molar-refractivity contribution in [3.63, 3.8) is 0 Å². The van der Waals surface area contributed by atoms with Crippen LogP contribution in [0, 0.1) is 12.3 Å². The molecule has 0 unspecified atom stereocenters. The second-order valence-electron chi connectivity index (χ2n) is 3.63. The average Bonchev–Trinajstić information content (AvgIpc) is 2.38. The van der Waals surface area contributed by atoms with Crippen LogP contribution in [0.4, 0.5) is 10.5 Å². The van der Waals surface area contributed by atoms with Gasteiger partial charge in [0.2, 0.25) is 0 Å². The van der Waals surface area contributed by atoms with Crippen molar-refractivity contribution in [1.82, 2.24) is 5.32 Å². The first kappa shape index (κ1) is 14.3. The average molecular weight is 258 g/mol. The van der Waals surface area contributed by atoms with Gasteiger partial charge in [-0.15, -0.1) is 12.3 Å². The van der Waals surface area contributed by atoms with E-state index in [1.807, 2.05) is 0 Å². The third-order valence-corrected chi connectivity index (χ3v) is 2.14. The number of hydrogen-bond acceptors (Lipinski definition) is 2. The summed E-state index contributed by atoms with van der Waals surface area (Å²) in [4.78, 5) is 21.7. The Bertz CT molecular complexity index is 512. The first-order chi connectivity index (χ1) is 9.11. The fourth-order valence-electron chi connectivity index (χ4n) is 1.27. The van der Waals surface area contributed by atoms with Gasteiger partial charge in [-0.25, -0.2) is 9.59 Å². The number of carboxylic acids is 1. The Morgan fingerprint density at radius 3 is 2.58 bits per heavy atom. The molecule has 0 aliphatic carbocycles. The van der Waals surface area contributed by atoms with Crippen LogP contribution in [0.5, 0.6) is 0 Å². The van der Waals surface area contributed by atoms with E-state index in [9.17, 15) is 9.59 Å². The SMILES string of the molecule is C#CCCNC(=O)Nc1ccc(C=CC(=O)O)cc1. The summed E-state index contributed by atoms with van der Waals surface area (Å²) in [5.74, 6) is 1.41. The lowest BCUT2D eigenvalue weighted by atomic mass is 10.2. The number of amides is 2. The molecule has 0 saturated heterocycles. The highest BCUT2D eigenvalue weighted by molar-refractivity contribution is 5.89. The van der Waals surface area contributed by atoms with E-state index in [4.69, 9.17) is 11.5 Å². The fourth-order valence-corrected chi connectivity index (χ4v) is 1.27. The molecule has 19 heavy (non-hydrogen) atoms. The van der Waals surface area contributed by atoms with E-state index in [1.54, 1.807) is 24.3 Å². The zero-order valence-electron chi connectivity index (χ0n) is 10.2. The smallest absolute Gasteiger partial charge is 0.328 e. The molecule has 0 heterocycles. The number of nitrogens with one attached hydrogen (secondary N) is 2. The van der Waals surface area contributed by atoms with Gasteiger partial charge in [0.1, 0.15) is 0 Å². The molecular formula is C14H14N2O3. The number of carboxylic acid groups (broad SMARTS) is 1. The minimum absolute atomic E-state index is 0.330. The number of benzene rings is 1. The predicted molar refractivity (Wildman–Crippen MR) is 73.6 cm³/mol. The second kappa shape index (κ2) is 7.56. The molecular weight excluding hydrogens is 244 g/mol. The molecule has 2 amide bonds. The van der Waals surface area contributed by atoms with E-state index in [2.05, 4.69) is 16.6 Å². The highest BCUT2D eigenvalue weighted by Crippen LogP contribution is 2.10. The lowest BCUT2D eigenvalue weighted by molar-refractivity contribution is -0.131. The van der Waals surface area contributed by atoms with Crippen LogP contribution < -0.4 is 10.6 Å². The van der Waals surface area contributed by atoms with Crippen LogP contribution in [-0.2, 0) is 4.79 Å². The van der Waals surface area contributed by atoms with Crippen LogP contribution in [0.3, 0.4) is 0 Å². The number of aliphatic carboxylic acids is 1. The molecule has 0 fully saturated rings. The van der Waals surface area contributed by atoms with Gasteiger partial charge in [0.05, 0.1) is 0 Å². The number of carbonyl (C=O) groups excluding carboxylic acids is 1. The van der Waals surface area contributed by atoms with Crippen molar-refractivity contribution >= 4 is 23.8 Å². The monoisotopic (exact) mass is 258 g/mol. The van der Waals surface area contributed by atoms with Crippen molar-refractivity contribution in [2.45, 2.75) is 6.42 Å². The largest absolute Gasteiger partial charge is 0.478 e. The van der Waals surface area contributed by atoms with Crippen LogP contribution >= 0.6 is 0 Å². The number of hydrogen-bond donors (Lipinski definition) is 3. The van der Waals surface area contributed by atoms with Gasteiger partial charge >= 0.3 is 12.0 Å². The molecule has 0 saturated carbocycles. The zero-order chi connectivity index (χ0) is 14.1. The normalized spacial score (nSPS) is 9.84. The summed E-state index contributed by atoms with van der Waals surface area (Å²) in [5, 5.41) is 13.7. The minimum atomic E-state index is -1.00. The van der Waals surface area contributed by atoms with Crippen molar-refractivity contribution in [2.75, 3.05) is 11.9 Å². The molecule has 1 aromatic rings. The summed E-state index contributed by atoms with van der Waals surface area (Å²) >= 11 is 0. The third-order valence-electron chi connectivity index (χ3n) is 2.14. The summed E-state index contributed by atoms with van der Waals surface area (Å²) in [7, 11) is 0. The minimum Gasteiger partial charge on any atom is -0.478 e. The van der Waals surface area contributed by atoms with Crippen LogP contribution in [-0.4, -0.2) is 23.7 Å². The van der Waals surface area contributed by atoms with Crippen LogP contribution in [0.15, 0.2) is 30.3 Å². The molecule has 5 heteroatoms. The van der Waals surface area contributed by atoms with Crippen LogP contribution in [0.2, 0.25) is 0 Å². The van der Waals surface area contributed by atoms with Crippen molar-refractivity contribution in [1.29, 1.82) is 0 Å². The van der Waals surface area contributed by atoms with Crippen LogP contribution in [0.25, 0.3) is 6.08 Å². The fraction of sp³-hybridized carbons (Fsp3) is 0.143. The summed E-state index contributed by atoms with van der Waals surface area (Å²) < 4.78 is 0. The molecule has 0 radical (unpaired) electrons. The molecule has 5 nitrogen and oxygen atoms in total. The molecule has 0 bridgehead atoms. The summed E-state index contributed by atoms with van der Waals surface area (Å²) in [5.41, 5.74) is 1.35. The molecule has 0 aromatic heterocycles. The Morgan fingerprint density at radius 1 is 1.32 bits per heavy atom. The maximum absolute atomic E-state index is 11.4. The van der Waals surface area contributed by atoms with E-state index in [0.717, 1.165) is 11.6 Å². The first-order valence-electron chi connectivity index (χ1n) is 5.61. The van der Waals surface area contributed by atoms with Crippen LogP contribution in [0.1, 0.15) is 12.0 Å². The van der Waals surface area contributed by atoms with Crippen molar-refractivity contribution in [3.05, 3.63) is 35.9 Å². The van der Waals surface area contributed by atoms with Gasteiger partial charge in [0, 0.05) is 24.7 Å². The lowest BCUT2D eigenvalue weighted by Crippen LogP contribution is -2.29. The predicted octanol–water partition coefficient (Wildman–Crippen LogP) is 1.93. The maximum Gasteiger partial charge on any atom is 0.328 e. The molecule has 98 valence electrons. The Kier molecular flexibility index (Phi) is 5.70. The lowest BCUT2D eigenvalue weighted by Gasteiger charge is -2.06. The number of terminal acetylenes is 1. The van der Waals surface area contributed by atoms with Crippen molar-refractivity contribution < 1.29 is 14.7 Å². The van der Waals surface area contributed by atoms with Gasteiger partial charge < -0.3 is 15.7 Å². The number of rotatable bonds is 5.